The molecule has 0 heterocycles. The van der Waals surface area contributed by atoms with E-state index in [9.17, 15) is 19.5 Å². The van der Waals surface area contributed by atoms with Crippen molar-refractivity contribution >= 4 is 35.2 Å². The molecular weight excluding hydrogens is 424 g/mol. The highest BCUT2D eigenvalue weighted by molar-refractivity contribution is 6.03. The molecule has 0 spiro atoms. The number of nitrogens with one attached hydrogen (secondary N) is 2. The first-order chi connectivity index (χ1) is 15.3. The van der Waals surface area contributed by atoms with Gasteiger partial charge in [0.2, 0.25) is 0 Å². The number of carboxylic acid groups (broad SMARTS) is 1. The van der Waals surface area contributed by atoms with Gasteiger partial charge in [0.15, 0.2) is 0 Å². The highest BCUT2D eigenvalue weighted by atomic mass is 16.6. The minimum absolute atomic E-state index is 0.111. The van der Waals surface area contributed by atoms with Crippen LogP contribution < -0.4 is 15.5 Å². The van der Waals surface area contributed by atoms with Crippen LogP contribution in [0.1, 0.15) is 42.3 Å². The number of urea groups is 1. The van der Waals surface area contributed by atoms with Crippen molar-refractivity contribution in [3.63, 3.8) is 0 Å². The van der Waals surface area contributed by atoms with E-state index in [0.29, 0.717) is 12.1 Å². The van der Waals surface area contributed by atoms with Crippen LogP contribution in [0.3, 0.4) is 0 Å². The van der Waals surface area contributed by atoms with E-state index in [1.54, 1.807) is 34.7 Å². The van der Waals surface area contributed by atoms with Crippen molar-refractivity contribution in [2.24, 2.45) is 0 Å². The molecule has 9 nitrogen and oxygen atoms in total. The summed E-state index contributed by atoms with van der Waals surface area (Å²) in [6.07, 6.45) is -0.696. The van der Waals surface area contributed by atoms with Gasteiger partial charge in [-0.05, 0) is 63.1 Å². The molecule has 0 aliphatic rings. The fourth-order valence-corrected chi connectivity index (χ4v) is 3.10. The van der Waals surface area contributed by atoms with Gasteiger partial charge in [0.05, 0.1) is 11.3 Å². The van der Waals surface area contributed by atoms with Crippen molar-refractivity contribution < 1.29 is 24.2 Å². The molecule has 2 aromatic carbocycles. The van der Waals surface area contributed by atoms with Crippen molar-refractivity contribution in [2.75, 3.05) is 36.7 Å². The molecule has 0 bridgehead atoms. The molecule has 0 aromatic heterocycles. The Labute approximate surface area is 194 Å². The Morgan fingerprint density at radius 2 is 1.52 bits per heavy atom. The van der Waals surface area contributed by atoms with Gasteiger partial charge in [0.25, 0.3) is 0 Å². The number of hydrogen-bond donors (Lipinski definition) is 3. The summed E-state index contributed by atoms with van der Waals surface area (Å²) in [7, 11) is 5.52. The SMILES string of the molecule is Cc1c(NC(=O)OC(C)(C)C)ccc(NC(=O)N(C)Cc2ccc(N(C)C)cc2)c1C(=O)O. The fraction of sp³-hybridized carbons (Fsp3) is 0.375. The number of carbonyl (C=O) groups is 3. The molecule has 0 saturated carbocycles. The molecule has 3 N–H and O–H groups in total. The number of carbonyl (C=O) groups excluding carboxylic acids is 2. The monoisotopic (exact) mass is 456 g/mol. The van der Waals surface area contributed by atoms with Gasteiger partial charge < -0.3 is 25.0 Å². The summed E-state index contributed by atoms with van der Waals surface area (Å²) in [5.74, 6) is -1.22. The number of anilines is 3. The third kappa shape index (κ3) is 7.13. The summed E-state index contributed by atoms with van der Waals surface area (Å²) in [6.45, 7) is 7.09. The average Bonchev–Trinajstić information content (AvgIpc) is 2.68. The maximum Gasteiger partial charge on any atom is 0.412 e. The Morgan fingerprint density at radius 3 is 2.03 bits per heavy atom. The maximum atomic E-state index is 12.7. The number of amides is 3. The lowest BCUT2D eigenvalue weighted by Crippen LogP contribution is -2.31. The van der Waals surface area contributed by atoms with Gasteiger partial charge in [0, 0.05) is 39.1 Å². The summed E-state index contributed by atoms with van der Waals surface area (Å²) in [5, 5.41) is 15.0. The molecule has 2 aromatic rings. The Balaban J connectivity index is 2.16. The van der Waals surface area contributed by atoms with E-state index in [0.717, 1.165) is 11.3 Å². The van der Waals surface area contributed by atoms with Crippen LogP contribution in [0, 0.1) is 6.92 Å². The van der Waals surface area contributed by atoms with Crippen LogP contribution in [0.5, 0.6) is 0 Å². The summed E-state index contributed by atoms with van der Waals surface area (Å²) in [6, 6.07) is 10.3. The average molecular weight is 457 g/mol. The minimum Gasteiger partial charge on any atom is -0.478 e. The maximum absolute atomic E-state index is 12.7. The predicted octanol–water partition coefficient (Wildman–Crippen LogP) is 4.77. The fourth-order valence-electron chi connectivity index (χ4n) is 3.10. The Kier molecular flexibility index (Phi) is 7.92. The van der Waals surface area contributed by atoms with Crippen LogP contribution >= 0.6 is 0 Å². The largest absolute Gasteiger partial charge is 0.478 e. The van der Waals surface area contributed by atoms with Crippen LogP contribution in [-0.2, 0) is 11.3 Å². The van der Waals surface area contributed by atoms with E-state index in [1.165, 1.54) is 17.0 Å². The minimum atomic E-state index is -1.22. The highest BCUT2D eigenvalue weighted by Gasteiger charge is 2.22. The Bertz CT molecular complexity index is 1030. The van der Waals surface area contributed by atoms with E-state index in [4.69, 9.17) is 4.74 Å². The van der Waals surface area contributed by atoms with Gasteiger partial charge in [-0.1, -0.05) is 12.1 Å². The quantitative estimate of drug-likeness (QED) is 0.577. The van der Waals surface area contributed by atoms with Crippen molar-refractivity contribution in [1.29, 1.82) is 0 Å². The smallest absolute Gasteiger partial charge is 0.412 e. The number of carboxylic acids is 1. The van der Waals surface area contributed by atoms with Gasteiger partial charge in [0.1, 0.15) is 5.60 Å². The third-order valence-electron chi connectivity index (χ3n) is 4.78. The number of hydrogen-bond acceptors (Lipinski definition) is 5. The van der Waals surface area contributed by atoms with E-state index >= 15 is 0 Å². The molecule has 0 fully saturated rings. The highest BCUT2D eigenvalue weighted by Crippen LogP contribution is 2.28. The summed E-state index contributed by atoms with van der Waals surface area (Å²) in [4.78, 5) is 40.2. The van der Waals surface area contributed by atoms with Crippen molar-refractivity contribution in [3.05, 3.63) is 53.1 Å². The van der Waals surface area contributed by atoms with Gasteiger partial charge >= 0.3 is 18.1 Å². The zero-order valence-electron chi connectivity index (χ0n) is 20.1. The standard InChI is InChI=1S/C24H32N4O5/c1-15-18(26-23(32)33-24(2,3)4)12-13-19(20(15)21(29)30)25-22(31)28(7)14-16-8-10-17(11-9-16)27(5)6/h8-13H,14H2,1-7H3,(H,25,31)(H,26,32)(H,29,30). The molecule has 0 aliphatic heterocycles. The Hall–Kier alpha value is -3.75. The zero-order chi connectivity index (χ0) is 24.9. The molecule has 0 radical (unpaired) electrons. The second kappa shape index (κ2) is 10.2. The van der Waals surface area contributed by atoms with Crippen LogP contribution in [-0.4, -0.2) is 54.8 Å². The van der Waals surface area contributed by atoms with Crippen LogP contribution in [0.4, 0.5) is 26.7 Å². The molecule has 0 unspecified atom stereocenters. The van der Waals surface area contributed by atoms with E-state index in [1.807, 2.05) is 43.3 Å². The molecule has 178 valence electrons. The van der Waals surface area contributed by atoms with E-state index < -0.39 is 23.7 Å². The first-order valence-corrected chi connectivity index (χ1v) is 10.4. The molecule has 2 rings (SSSR count). The first kappa shape index (κ1) is 25.5. The molecule has 3 amide bonds. The molecular formula is C24H32N4O5. The van der Waals surface area contributed by atoms with Gasteiger partial charge in [-0.2, -0.15) is 0 Å². The number of ether oxygens (including phenoxy) is 1. The summed E-state index contributed by atoms with van der Waals surface area (Å²) >= 11 is 0. The van der Waals surface area contributed by atoms with Crippen LogP contribution in [0.25, 0.3) is 0 Å². The molecule has 33 heavy (non-hydrogen) atoms. The molecule has 0 saturated heterocycles. The van der Waals surface area contributed by atoms with Crippen LogP contribution in [0.15, 0.2) is 36.4 Å². The molecule has 9 heteroatoms. The van der Waals surface area contributed by atoms with E-state index in [-0.39, 0.29) is 16.9 Å². The third-order valence-corrected chi connectivity index (χ3v) is 4.78. The molecule has 0 aliphatic carbocycles. The lowest BCUT2D eigenvalue weighted by atomic mass is 10.0. The number of aromatic carboxylic acids is 1. The number of benzene rings is 2. The zero-order valence-corrected chi connectivity index (χ0v) is 20.1. The summed E-state index contributed by atoms with van der Waals surface area (Å²) < 4.78 is 5.22. The molecule has 0 atom stereocenters. The van der Waals surface area contributed by atoms with E-state index in [2.05, 4.69) is 10.6 Å². The topological polar surface area (TPSA) is 111 Å². The second-order valence-corrected chi connectivity index (χ2v) is 8.94. The van der Waals surface area contributed by atoms with Gasteiger partial charge in [-0.25, -0.2) is 14.4 Å². The van der Waals surface area contributed by atoms with Gasteiger partial charge in [-0.3, -0.25) is 5.32 Å². The summed E-state index contributed by atoms with van der Waals surface area (Å²) in [5.41, 5.74) is 1.90. The van der Waals surface area contributed by atoms with Crippen molar-refractivity contribution in [1.82, 2.24) is 4.90 Å². The van der Waals surface area contributed by atoms with Crippen LogP contribution in [0.2, 0.25) is 0 Å². The van der Waals surface area contributed by atoms with Crippen molar-refractivity contribution in [2.45, 2.75) is 39.8 Å². The first-order valence-electron chi connectivity index (χ1n) is 10.4. The second-order valence-electron chi connectivity index (χ2n) is 8.94. The van der Waals surface area contributed by atoms with Crippen molar-refractivity contribution in [3.8, 4) is 0 Å². The predicted molar refractivity (Wildman–Crippen MR) is 129 cm³/mol. The number of rotatable bonds is 6. The lowest BCUT2D eigenvalue weighted by Gasteiger charge is -2.22. The lowest BCUT2D eigenvalue weighted by molar-refractivity contribution is 0.0632. The number of nitrogens with zero attached hydrogens (tertiary/aromatic N) is 2. The Morgan fingerprint density at radius 1 is 0.939 bits per heavy atom. The normalized spacial score (nSPS) is 10.9. The van der Waals surface area contributed by atoms with Gasteiger partial charge in [-0.15, -0.1) is 0 Å².